The summed E-state index contributed by atoms with van der Waals surface area (Å²) in [6.45, 7) is 0. The minimum absolute atomic E-state index is 0.122. The molecule has 0 fully saturated rings. The zero-order chi connectivity index (χ0) is 17.1. The number of carboxylic acid groups (broad SMARTS) is 1. The van der Waals surface area contributed by atoms with Crippen LogP contribution in [0.2, 0.25) is 0 Å². The topological polar surface area (TPSA) is 37.3 Å². The summed E-state index contributed by atoms with van der Waals surface area (Å²) in [5.41, 5.74) is 3.77. The first-order chi connectivity index (χ1) is 11.5. The summed E-state index contributed by atoms with van der Waals surface area (Å²) in [6, 6.07) is 17.4. The Morgan fingerprint density at radius 1 is 0.708 bits per heavy atom. The lowest BCUT2D eigenvalue weighted by atomic mass is 9.95. The predicted molar refractivity (Wildman–Crippen MR) is 88.6 cm³/mol. The van der Waals surface area contributed by atoms with E-state index in [1.807, 2.05) is 6.07 Å². The molecule has 0 bridgehead atoms. The van der Waals surface area contributed by atoms with E-state index in [2.05, 4.69) is 0 Å². The van der Waals surface area contributed by atoms with Crippen LogP contribution in [0.3, 0.4) is 0 Å². The van der Waals surface area contributed by atoms with Gasteiger partial charge in [-0.3, -0.25) is 4.79 Å². The van der Waals surface area contributed by atoms with Crippen LogP contribution in [0, 0.1) is 11.6 Å². The van der Waals surface area contributed by atoms with E-state index >= 15 is 0 Å². The van der Waals surface area contributed by atoms with Gasteiger partial charge in [0.25, 0.3) is 0 Å². The number of halogens is 2. The average Bonchev–Trinajstić information content (AvgIpc) is 2.55. The molecule has 2 nitrogen and oxygen atoms in total. The summed E-state index contributed by atoms with van der Waals surface area (Å²) in [5, 5.41) is 9.06. The maximum absolute atomic E-state index is 13.1. The van der Waals surface area contributed by atoms with Crippen molar-refractivity contribution in [3.63, 3.8) is 0 Å². The first-order valence-electron chi connectivity index (χ1n) is 7.39. The van der Waals surface area contributed by atoms with E-state index in [1.165, 1.54) is 24.3 Å². The number of hydrogen-bond donors (Lipinski definition) is 1. The Morgan fingerprint density at radius 2 is 1.12 bits per heavy atom. The summed E-state index contributed by atoms with van der Waals surface area (Å²) in [5.74, 6) is -1.60. The summed E-state index contributed by atoms with van der Waals surface area (Å²) < 4.78 is 26.2. The minimum Gasteiger partial charge on any atom is -0.481 e. The van der Waals surface area contributed by atoms with Crippen molar-refractivity contribution in [1.29, 1.82) is 0 Å². The molecule has 4 heteroatoms. The van der Waals surface area contributed by atoms with E-state index in [-0.39, 0.29) is 18.1 Å². The van der Waals surface area contributed by atoms with Gasteiger partial charge in [-0.15, -0.1) is 0 Å². The molecule has 0 aliphatic rings. The normalized spacial score (nSPS) is 10.6. The maximum atomic E-state index is 13.1. The van der Waals surface area contributed by atoms with Crippen LogP contribution in [0.5, 0.6) is 0 Å². The van der Waals surface area contributed by atoms with Crippen molar-refractivity contribution >= 4 is 5.97 Å². The molecule has 0 atom stereocenters. The highest BCUT2D eigenvalue weighted by molar-refractivity contribution is 5.77. The van der Waals surface area contributed by atoms with E-state index in [0.717, 1.165) is 22.3 Å². The zero-order valence-electron chi connectivity index (χ0n) is 12.7. The van der Waals surface area contributed by atoms with E-state index in [1.54, 1.807) is 36.4 Å². The number of hydrogen-bond acceptors (Lipinski definition) is 1. The lowest BCUT2D eigenvalue weighted by Crippen LogP contribution is -2.00. The molecule has 0 radical (unpaired) electrons. The molecule has 120 valence electrons. The van der Waals surface area contributed by atoms with E-state index in [0.29, 0.717) is 5.56 Å². The Kier molecular flexibility index (Phi) is 4.38. The molecular weight excluding hydrogens is 310 g/mol. The molecule has 1 N–H and O–H groups in total. The molecule has 0 aliphatic heterocycles. The average molecular weight is 324 g/mol. The molecule has 0 saturated carbocycles. The zero-order valence-corrected chi connectivity index (χ0v) is 12.7. The van der Waals surface area contributed by atoms with E-state index in [4.69, 9.17) is 5.11 Å². The van der Waals surface area contributed by atoms with Crippen LogP contribution >= 0.6 is 0 Å². The van der Waals surface area contributed by atoms with Gasteiger partial charge in [-0.25, -0.2) is 8.78 Å². The fourth-order valence-corrected chi connectivity index (χ4v) is 2.59. The summed E-state index contributed by atoms with van der Waals surface area (Å²) in [6.07, 6.45) is -0.122. The standard InChI is InChI=1S/C20H14F2O2/c21-18-5-1-14(2-6-18)16-9-13(11-20(23)24)10-17(12-16)15-3-7-19(22)8-4-15/h1-10,12H,11H2,(H,23,24). The number of rotatable bonds is 4. The second-order valence-electron chi connectivity index (χ2n) is 5.50. The van der Waals surface area contributed by atoms with Crippen LogP contribution in [0.4, 0.5) is 8.78 Å². The molecule has 0 saturated heterocycles. The van der Waals surface area contributed by atoms with Crippen molar-refractivity contribution in [2.45, 2.75) is 6.42 Å². The van der Waals surface area contributed by atoms with Gasteiger partial charge < -0.3 is 5.11 Å². The Bertz CT molecular complexity index is 805. The second-order valence-corrected chi connectivity index (χ2v) is 5.50. The molecule has 0 amide bonds. The third-order valence-corrected chi connectivity index (χ3v) is 3.70. The molecule has 3 rings (SSSR count). The van der Waals surface area contributed by atoms with E-state index in [9.17, 15) is 13.6 Å². The van der Waals surface area contributed by atoms with Crippen molar-refractivity contribution in [3.05, 3.63) is 83.9 Å². The predicted octanol–water partition coefficient (Wildman–Crippen LogP) is 4.93. The molecule has 0 unspecified atom stereocenters. The molecule has 3 aromatic carbocycles. The van der Waals surface area contributed by atoms with Gasteiger partial charge in [0.05, 0.1) is 6.42 Å². The van der Waals surface area contributed by atoms with Crippen LogP contribution in [-0.2, 0) is 11.2 Å². The van der Waals surface area contributed by atoms with Gasteiger partial charge in [0.2, 0.25) is 0 Å². The van der Waals surface area contributed by atoms with Crippen molar-refractivity contribution in [2.24, 2.45) is 0 Å². The second kappa shape index (κ2) is 6.62. The van der Waals surface area contributed by atoms with Crippen molar-refractivity contribution in [2.75, 3.05) is 0 Å². The van der Waals surface area contributed by atoms with Crippen LogP contribution < -0.4 is 0 Å². The Morgan fingerprint density at radius 3 is 1.50 bits per heavy atom. The highest BCUT2D eigenvalue weighted by atomic mass is 19.1. The SMILES string of the molecule is O=C(O)Cc1cc(-c2ccc(F)cc2)cc(-c2ccc(F)cc2)c1. The fraction of sp³-hybridized carbons (Fsp3) is 0.0500. The summed E-state index contributed by atoms with van der Waals surface area (Å²) in [7, 11) is 0. The van der Waals surface area contributed by atoms with Crippen molar-refractivity contribution in [1.82, 2.24) is 0 Å². The molecular formula is C20H14F2O2. The number of aliphatic carboxylic acids is 1. The first-order valence-corrected chi connectivity index (χ1v) is 7.39. The van der Waals surface area contributed by atoms with Gasteiger partial charge in [-0.05, 0) is 58.1 Å². The van der Waals surface area contributed by atoms with Crippen LogP contribution in [0.15, 0.2) is 66.7 Å². The first kappa shape index (κ1) is 15.9. The molecule has 0 spiro atoms. The van der Waals surface area contributed by atoms with Crippen LogP contribution in [0.25, 0.3) is 22.3 Å². The van der Waals surface area contributed by atoms with E-state index < -0.39 is 5.97 Å². The lowest BCUT2D eigenvalue weighted by molar-refractivity contribution is -0.136. The maximum Gasteiger partial charge on any atom is 0.307 e. The van der Waals surface area contributed by atoms with Crippen molar-refractivity contribution < 1.29 is 18.7 Å². The van der Waals surface area contributed by atoms with Gasteiger partial charge >= 0.3 is 5.97 Å². The van der Waals surface area contributed by atoms with Crippen LogP contribution in [-0.4, -0.2) is 11.1 Å². The monoisotopic (exact) mass is 324 g/mol. The molecule has 24 heavy (non-hydrogen) atoms. The number of carbonyl (C=O) groups is 1. The molecule has 0 aliphatic carbocycles. The number of benzene rings is 3. The Labute approximate surface area is 138 Å². The van der Waals surface area contributed by atoms with Gasteiger partial charge in [-0.1, -0.05) is 36.4 Å². The largest absolute Gasteiger partial charge is 0.481 e. The summed E-state index contributed by atoms with van der Waals surface area (Å²) in [4.78, 5) is 11.1. The Hall–Kier alpha value is -3.01. The highest BCUT2D eigenvalue weighted by Gasteiger charge is 2.08. The fourth-order valence-electron chi connectivity index (χ4n) is 2.59. The molecule has 3 aromatic rings. The van der Waals surface area contributed by atoms with Gasteiger partial charge in [-0.2, -0.15) is 0 Å². The quantitative estimate of drug-likeness (QED) is 0.739. The molecule has 0 aromatic heterocycles. The Balaban J connectivity index is 2.11. The lowest BCUT2D eigenvalue weighted by Gasteiger charge is -2.10. The van der Waals surface area contributed by atoms with Crippen LogP contribution in [0.1, 0.15) is 5.56 Å². The third-order valence-electron chi connectivity index (χ3n) is 3.70. The molecule has 0 heterocycles. The van der Waals surface area contributed by atoms with Gasteiger partial charge in [0, 0.05) is 0 Å². The smallest absolute Gasteiger partial charge is 0.307 e. The van der Waals surface area contributed by atoms with Gasteiger partial charge in [0.1, 0.15) is 11.6 Å². The highest BCUT2D eigenvalue weighted by Crippen LogP contribution is 2.29. The van der Waals surface area contributed by atoms with Gasteiger partial charge in [0.15, 0.2) is 0 Å². The summed E-state index contributed by atoms with van der Waals surface area (Å²) >= 11 is 0. The third kappa shape index (κ3) is 3.66. The number of carboxylic acids is 1. The minimum atomic E-state index is -0.934. The van der Waals surface area contributed by atoms with Crippen molar-refractivity contribution in [3.8, 4) is 22.3 Å².